The SMILES string of the molecule is CC1CC(C)C(C)N(S(=O)(=O)c2ccccc2)C1. The van der Waals surface area contributed by atoms with Crippen LogP contribution in [0.2, 0.25) is 0 Å². The van der Waals surface area contributed by atoms with Crippen LogP contribution in [0.5, 0.6) is 0 Å². The molecule has 0 bridgehead atoms. The van der Waals surface area contributed by atoms with Crippen molar-refractivity contribution >= 4 is 10.0 Å². The molecule has 2 rings (SSSR count). The lowest BCUT2D eigenvalue weighted by Gasteiger charge is -2.39. The van der Waals surface area contributed by atoms with Gasteiger partial charge in [-0.1, -0.05) is 32.0 Å². The van der Waals surface area contributed by atoms with Gasteiger partial charge in [-0.2, -0.15) is 4.31 Å². The molecule has 3 atom stereocenters. The summed E-state index contributed by atoms with van der Waals surface area (Å²) in [6, 6.07) is 8.80. The van der Waals surface area contributed by atoms with Gasteiger partial charge in [0.25, 0.3) is 0 Å². The molecule has 100 valence electrons. The summed E-state index contributed by atoms with van der Waals surface area (Å²) in [4.78, 5) is 0.401. The number of benzene rings is 1. The largest absolute Gasteiger partial charge is 0.243 e. The second-order valence-corrected chi connectivity index (χ2v) is 7.34. The second-order valence-electron chi connectivity index (χ2n) is 5.45. The van der Waals surface area contributed by atoms with Crippen molar-refractivity contribution in [2.24, 2.45) is 11.8 Å². The maximum atomic E-state index is 12.6. The summed E-state index contributed by atoms with van der Waals surface area (Å²) in [6.07, 6.45) is 1.10. The Kier molecular flexibility index (Phi) is 3.78. The van der Waals surface area contributed by atoms with E-state index in [1.165, 1.54) is 0 Å². The molecule has 0 amide bonds. The Morgan fingerprint density at radius 2 is 1.72 bits per heavy atom. The molecule has 1 saturated heterocycles. The standard InChI is InChI=1S/C14H21NO2S/c1-11-9-12(2)13(3)15(10-11)18(16,17)14-7-5-4-6-8-14/h4-8,11-13H,9-10H2,1-3H3. The first-order chi connectivity index (χ1) is 8.43. The van der Waals surface area contributed by atoms with Crippen LogP contribution in [-0.2, 0) is 10.0 Å². The highest BCUT2D eigenvalue weighted by Crippen LogP contribution is 2.31. The van der Waals surface area contributed by atoms with Gasteiger partial charge in [0.15, 0.2) is 0 Å². The van der Waals surface area contributed by atoms with Crippen LogP contribution in [0.1, 0.15) is 27.2 Å². The van der Waals surface area contributed by atoms with Crippen LogP contribution in [0, 0.1) is 11.8 Å². The third kappa shape index (κ3) is 2.45. The molecule has 1 aliphatic heterocycles. The Morgan fingerprint density at radius 1 is 1.11 bits per heavy atom. The average Bonchev–Trinajstić information content (AvgIpc) is 2.34. The van der Waals surface area contributed by atoms with Gasteiger partial charge in [0.2, 0.25) is 10.0 Å². The Labute approximate surface area is 110 Å². The van der Waals surface area contributed by atoms with Crippen LogP contribution in [0.3, 0.4) is 0 Å². The monoisotopic (exact) mass is 267 g/mol. The predicted octanol–water partition coefficient (Wildman–Crippen LogP) is 2.74. The Hall–Kier alpha value is -0.870. The predicted molar refractivity (Wildman–Crippen MR) is 72.7 cm³/mol. The fourth-order valence-corrected chi connectivity index (χ4v) is 4.58. The van der Waals surface area contributed by atoms with E-state index in [0.717, 1.165) is 6.42 Å². The lowest BCUT2D eigenvalue weighted by atomic mass is 9.88. The lowest BCUT2D eigenvalue weighted by molar-refractivity contribution is 0.157. The zero-order valence-corrected chi connectivity index (χ0v) is 12.0. The van der Waals surface area contributed by atoms with Gasteiger partial charge in [0.05, 0.1) is 4.90 Å². The summed E-state index contributed by atoms with van der Waals surface area (Å²) in [5, 5.41) is 0. The maximum Gasteiger partial charge on any atom is 0.243 e. The smallest absolute Gasteiger partial charge is 0.207 e. The molecule has 3 unspecified atom stereocenters. The van der Waals surface area contributed by atoms with Gasteiger partial charge in [-0.25, -0.2) is 8.42 Å². The highest BCUT2D eigenvalue weighted by atomic mass is 32.2. The molecular formula is C14H21NO2S. The topological polar surface area (TPSA) is 37.4 Å². The average molecular weight is 267 g/mol. The van der Waals surface area contributed by atoms with Crippen molar-refractivity contribution in [1.82, 2.24) is 4.31 Å². The highest BCUT2D eigenvalue weighted by molar-refractivity contribution is 7.89. The van der Waals surface area contributed by atoms with Crippen molar-refractivity contribution in [1.29, 1.82) is 0 Å². The molecule has 0 radical (unpaired) electrons. The molecular weight excluding hydrogens is 246 g/mol. The van der Waals surface area contributed by atoms with E-state index in [1.54, 1.807) is 28.6 Å². The number of hydrogen-bond donors (Lipinski definition) is 0. The number of sulfonamides is 1. The minimum Gasteiger partial charge on any atom is -0.207 e. The number of rotatable bonds is 2. The maximum absolute atomic E-state index is 12.6. The van der Waals surface area contributed by atoms with E-state index in [9.17, 15) is 8.42 Å². The molecule has 0 aromatic heterocycles. The van der Waals surface area contributed by atoms with Crippen molar-refractivity contribution in [3.8, 4) is 0 Å². The summed E-state index contributed by atoms with van der Waals surface area (Å²) in [5.41, 5.74) is 0. The quantitative estimate of drug-likeness (QED) is 0.826. The first kappa shape index (κ1) is 13.6. The van der Waals surface area contributed by atoms with Crippen LogP contribution >= 0.6 is 0 Å². The minimum atomic E-state index is -3.34. The van der Waals surface area contributed by atoms with E-state index >= 15 is 0 Å². The van der Waals surface area contributed by atoms with Gasteiger partial charge in [-0.15, -0.1) is 0 Å². The Morgan fingerprint density at radius 3 is 2.33 bits per heavy atom. The summed E-state index contributed by atoms with van der Waals surface area (Å²) in [6.45, 7) is 6.89. The molecule has 1 fully saturated rings. The summed E-state index contributed by atoms with van der Waals surface area (Å²) in [7, 11) is -3.34. The van der Waals surface area contributed by atoms with Crippen LogP contribution in [0.25, 0.3) is 0 Å². The third-order valence-electron chi connectivity index (χ3n) is 3.89. The fraction of sp³-hybridized carbons (Fsp3) is 0.571. The van der Waals surface area contributed by atoms with Crippen LogP contribution < -0.4 is 0 Å². The summed E-state index contributed by atoms with van der Waals surface area (Å²) >= 11 is 0. The van der Waals surface area contributed by atoms with Gasteiger partial charge in [0.1, 0.15) is 0 Å². The van der Waals surface area contributed by atoms with Crippen molar-refractivity contribution < 1.29 is 8.42 Å². The molecule has 18 heavy (non-hydrogen) atoms. The Bertz CT molecular complexity index is 498. The van der Waals surface area contributed by atoms with Crippen LogP contribution in [-0.4, -0.2) is 25.3 Å². The molecule has 1 heterocycles. The van der Waals surface area contributed by atoms with E-state index in [1.807, 2.05) is 13.0 Å². The van der Waals surface area contributed by atoms with Gasteiger partial charge in [0, 0.05) is 12.6 Å². The first-order valence-corrected chi connectivity index (χ1v) is 7.94. The molecule has 1 aromatic carbocycles. The van der Waals surface area contributed by atoms with Crippen molar-refractivity contribution in [2.75, 3.05) is 6.54 Å². The first-order valence-electron chi connectivity index (χ1n) is 6.50. The second kappa shape index (κ2) is 5.02. The molecule has 3 nitrogen and oxygen atoms in total. The van der Waals surface area contributed by atoms with Gasteiger partial charge >= 0.3 is 0 Å². The van der Waals surface area contributed by atoms with E-state index in [4.69, 9.17) is 0 Å². The van der Waals surface area contributed by atoms with Gasteiger partial charge < -0.3 is 0 Å². The fourth-order valence-electron chi connectivity index (χ4n) is 2.71. The van der Waals surface area contributed by atoms with Crippen LogP contribution in [0.15, 0.2) is 35.2 Å². The molecule has 0 spiro atoms. The van der Waals surface area contributed by atoms with E-state index in [0.29, 0.717) is 23.3 Å². The molecule has 0 aliphatic carbocycles. The summed E-state index contributed by atoms with van der Waals surface area (Å²) in [5.74, 6) is 0.835. The van der Waals surface area contributed by atoms with E-state index in [2.05, 4.69) is 13.8 Å². The van der Waals surface area contributed by atoms with E-state index < -0.39 is 10.0 Å². The van der Waals surface area contributed by atoms with E-state index in [-0.39, 0.29) is 6.04 Å². The number of piperidine rings is 1. The lowest BCUT2D eigenvalue weighted by Crippen LogP contribution is -2.48. The van der Waals surface area contributed by atoms with Gasteiger partial charge in [-0.3, -0.25) is 0 Å². The van der Waals surface area contributed by atoms with Crippen molar-refractivity contribution in [3.63, 3.8) is 0 Å². The Balaban J connectivity index is 2.35. The molecule has 0 N–H and O–H groups in total. The van der Waals surface area contributed by atoms with Crippen LogP contribution in [0.4, 0.5) is 0 Å². The number of hydrogen-bond acceptors (Lipinski definition) is 2. The normalized spacial score (nSPS) is 30.3. The van der Waals surface area contributed by atoms with Crippen molar-refractivity contribution in [3.05, 3.63) is 30.3 Å². The number of nitrogens with zero attached hydrogens (tertiary/aromatic N) is 1. The molecule has 1 aromatic rings. The van der Waals surface area contributed by atoms with Gasteiger partial charge in [-0.05, 0) is 37.3 Å². The molecule has 0 saturated carbocycles. The highest BCUT2D eigenvalue weighted by Gasteiger charge is 2.36. The third-order valence-corrected chi connectivity index (χ3v) is 5.86. The zero-order valence-electron chi connectivity index (χ0n) is 11.2. The minimum absolute atomic E-state index is 0.0754. The molecule has 1 aliphatic rings. The molecule has 4 heteroatoms. The summed E-state index contributed by atoms with van der Waals surface area (Å²) < 4.78 is 26.9. The zero-order chi connectivity index (χ0) is 13.3. The van der Waals surface area contributed by atoms with Crippen molar-refractivity contribution in [2.45, 2.75) is 38.1 Å².